The van der Waals surface area contributed by atoms with Crippen molar-refractivity contribution in [3.8, 4) is 0 Å². The third-order valence-corrected chi connectivity index (χ3v) is 5.42. The largest absolute Gasteiger partial charge is 0.384 e. The fraction of sp³-hybridized carbons (Fsp3) is 0.381. The van der Waals surface area contributed by atoms with Crippen LogP contribution in [0.5, 0.6) is 0 Å². The smallest absolute Gasteiger partial charge is 0.231 e. The van der Waals surface area contributed by atoms with Crippen LogP contribution in [-0.2, 0) is 17.8 Å². The number of hydrogen-bond donors (Lipinski definition) is 1. The SMILES string of the molecule is CN(C(=O)C1CCN(Cc2cccc3c2NCC3)C1)c1ccccc1.Cl. The monoisotopic (exact) mass is 371 g/mol. The number of amides is 1. The van der Waals surface area contributed by atoms with Gasteiger partial charge in [-0.25, -0.2) is 0 Å². The molecule has 1 saturated heterocycles. The van der Waals surface area contributed by atoms with Crippen LogP contribution in [0.25, 0.3) is 0 Å². The van der Waals surface area contributed by atoms with Crippen molar-refractivity contribution in [1.29, 1.82) is 0 Å². The van der Waals surface area contributed by atoms with Gasteiger partial charge in [0.2, 0.25) is 5.91 Å². The first kappa shape index (κ1) is 18.7. The van der Waals surface area contributed by atoms with Gasteiger partial charge in [0.1, 0.15) is 0 Å². The Labute approximate surface area is 161 Å². The lowest BCUT2D eigenvalue weighted by molar-refractivity contribution is -0.121. The maximum atomic E-state index is 12.8. The molecule has 4 nitrogen and oxygen atoms in total. The molecule has 0 spiro atoms. The molecular formula is C21H26ClN3O. The van der Waals surface area contributed by atoms with E-state index in [4.69, 9.17) is 0 Å². The summed E-state index contributed by atoms with van der Waals surface area (Å²) in [6.07, 6.45) is 2.06. The molecule has 4 rings (SSSR count). The molecule has 1 amide bonds. The van der Waals surface area contributed by atoms with Gasteiger partial charge >= 0.3 is 0 Å². The second-order valence-corrected chi connectivity index (χ2v) is 7.08. The number of carbonyl (C=O) groups excluding carboxylic acids is 1. The maximum Gasteiger partial charge on any atom is 0.231 e. The number of hydrogen-bond acceptors (Lipinski definition) is 3. The van der Waals surface area contributed by atoms with E-state index in [1.807, 2.05) is 37.4 Å². The van der Waals surface area contributed by atoms with Gasteiger partial charge in [-0.2, -0.15) is 0 Å². The zero-order valence-corrected chi connectivity index (χ0v) is 16.0. The molecule has 138 valence electrons. The molecule has 2 aliphatic rings. The Kier molecular flexibility index (Phi) is 5.84. The molecule has 26 heavy (non-hydrogen) atoms. The Morgan fingerprint density at radius 2 is 2.00 bits per heavy atom. The molecule has 0 bridgehead atoms. The molecule has 0 radical (unpaired) electrons. The van der Waals surface area contributed by atoms with Crippen molar-refractivity contribution < 1.29 is 4.79 Å². The van der Waals surface area contributed by atoms with Crippen LogP contribution in [0.3, 0.4) is 0 Å². The number of nitrogens with zero attached hydrogens (tertiary/aromatic N) is 2. The molecular weight excluding hydrogens is 346 g/mol. The molecule has 1 atom stereocenters. The van der Waals surface area contributed by atoms with E-state index in [1.165, 1.54) is 16.8 Å². The predicted molar refractivity (Wildman–Crippen MR) is 109 cm³/mol. The number of para-hydroxylation sites is 2. The minimum absolute atomic E-state index is 0. The van der Waals surface area contributed by atoms with Crippen LogP contribution in [0.1, 0.15) is 17.5 Å². The highest BCUT2D eigenvalue weighted by molar-refractivity contribution is 5.94. The zero-order chi connectivity index (χ0) is 17.2. The number of rotatable bonds is 4. The third-order valence-electron chi connectivity index (χ3n) is 5.42. The van der Waals surface area contributed by atoms with Crippen molar-refractivity contribution in [3.63, 3.8) is 0 Å². The van der Waals surface area contributed by atoms with E-state index >= 15 is 0 Å². The molecule has 1 fully saturated rings. The lowest BCUT2D eigenvalue weighted by atomic mass is 10.1. The molecule has 0 saturated carbocycles. The number of benzene rings is 2. The number of carbonyl (C=O) groups is 1. The van der Waals surface area contributed by atoms with Gasteiger partial charge in [-0.05, 0) is 42.6 Å². The van der Waals surface area contributed by atoms with E-state index in [9.17, 15) is 4.79 Å². The first-order valence-corrected chi connectivity index (χ1v) is 9.12. The highest BCUT2D eigenvalue weighted by Gasteiger charge is 2.31. The predicted octanol–water partition coefficient (Wildman–Crippen LogP) is 3.56. The topological polar surface area (TPSA) is 35.6 Å². The van der Waals surface area contributed by atoms with E-state index in [-0.39, 0.29) is 24.2 Å². The Hall–Kier alpha value is -2.04. The second-order valence-electron chi connectivity index (χ2n) is 7.08. The first-order valence-electron chi connectivity index (χ1n) is 9.12. The summed E-state index contributed by atoms with van der Waals surface area (Å²) >= 11 is 0. The molecule has 2 aromatic rings. The van der Waals surface area contributed by atoms with E-state index in [1.54, 1.807) is 4.90 Å². The summed E-state index contributed by atoms with van der Waals surface area (Å²) in [4.78, 5) is 17.0. The van der Waals surface area contributed by atoms with Crippen molar-refractivity contribution in [2.75, 3.05) is 36.9 Å². The van der Waals surface area contributed by atoms with Gasteiger partial charge in [0.05, 0.1) is 5.92 Å². The van der Waals surface area contributed by atoms with Gasteiger partial charge in [-0.1, -0.05) is 36.4 Å². The number of fused-ring (bicyclic) bond motifs is 1. The molecule has 2 heterocycles. The molecule has 1 N–H and O–H groups in total. The summed E-state index contributed by atoms with van der Waals surface area (Å²) < 4.78 is 0. The molecule has 1 unspecified atom stereocenters. The Morgan fingerprint density at radius 3 is 2.81 bits per heavy atom. The van der Waals surface area contributed by atoms with Crippen LogP contribution in [0, 0.1) is 5.92 Å². The Balaban J connectivity index is 0.00000196. The van der Waals surface area contributed by atoms with Crippen molar-refractivity contribution in [3.05, 3.63) is 59.7 Å². The van der Waals surface area contributed by atoms with Gasteiger partial charge in [0.25, 0.3) is 0 Å². The Morgan fingerprint density at radius 1 is 1.19 bits per heavy atom. The minimum Gasteiger partial charge on any atom is -0.384 e. The van der Waals surface area contributed by atoms with Gasteiger partial charge in [0.15, 0.2) is 0 Å². The zero-order valence-electron chi connectivity index (χ0n) is 15.1. The first-order chi connectivity index (χ1) is 12.2. The van der Waals surface area contributed by atoms with E-state index in [0.29, 0.717) is 0 Å². The van der Waals surface area contributed by atoms with Crippen LogP contribution in [0.4, 0.5) is 11.4 Å². The number of anilines is 2. The lowest BCUT2D eigenvalue weighted by Crippen LogP contribution is -2.34. The van der Waals surface area contributed by atoms with E-state index in [2.05, 4.69) is 28.4 Å². The summed E-state index contributed by atoms with van der Waals surface area (Å²) in [5.74, 6) is 0.319. The van der Waals surface area contributed by atoms with Gasteiger partial charge in [-0.15, -0.1) is 12.4 Å². The van der Waals surface area contributed by atoms with E-state index in [0.717, 1.165) is 44.7 Å². The quantitative estimate of drug-likeness (QED) is 0.892. The average Bonchev–Trinajstić information content (AvgIpc) is 3.31. The molecule has 0 aromatic heterocycles. The Bertz CT molecular complexity index is 765. The second kappa shape index (κ2) is 8.11. The van der Waals surface area contributed by atoms with Crippen molar-refractivity contribution in [2.24, 2.45) is 5.92 Å². The summed E-state index contributed by atoms with van der Waals surface area (Å²) in [7, 11) is 1.88. The van der Waals surface area contributed by atoms with Crippen LogP contribution in [0.2, 0.25) is 0 Å². The van der Waals surface area contributed by atoms with Gasteiger partial charge in [-0.3, -0.25) is 9.69 Å². The van der Waals surface area contributed by atoms with Gasteiger partial charge in [0, 0.05) is 38.1 Å². The maximum absolute atomic E-state index is 12.8. The normalized spacial score (nSPS) is 18.7. The fourth-order valence-corrected chi connectivity index (χ4v) is 4.01. The van der Waals surface area contributed by atoms with Crippen LogP contribution in [-0.4, -0.2) is 37.5 Å². The molecule has 0 aliphatic carbocycles. The summed E-state index contributed by atoms with van der Waals surface area (Å²) in [5.41, 5.74) is 5.07. The molecule has 2 aromatic carbocycles. The number of likely N-dealkylation sites (tertiary alicyclic amines) is 1. The highest BCUT2D eigenvalue weighted by Crippen LogP contribution is 2.29. The van der Waals surface area contributed by atoms with E-state index < -0.39 is 0 Å². The minimum atomic E-state index is 0. The third kappa shape index (κ3) is 3.71. The van der Waals surface area contributed by atoms with Crippen molar-refractivity contribution >= 4 is 29.7 Å². The van der Waals surface area contributed by atoms with Crippen molar-refractivity contribution in [1.82, 2.24) is 4.90 Å². The molecule has 5 heteroatoms. The number of halogens is 1. The average molecular weight is 372 g/mol. The number of nitrogens with one attached hydrogen (secondary N) is 1. The fourth-order valence-electron chi connectivity index (χ4n) is 4.01. The van der Waals surface area contributed by atoms with Crippen LogP contribution < -0.4 is 10.2 Å². The molecule has 2 aliphatic heterocycles. The summed E-state index contributed by atoms with van der Waals surface area (Å²) in [5, 5.41) is 3.51. The lowest BCUT2D eigenvalue weighted by Gasteiger charge is -2.22. The van der Waals surface area contributed by atoms with Crippen LogP contribution in [0.15, 0.2) is 48.5 Å². The van der Waals surface area contributed by atoms with Crippen LogP contribution >= 0.6 is 12.4 Å². The summed E-state index contributed by atoms with van der Waals surface area (Å²) in [6.45, 7) is 3.80. The van der Waals surface area contributed by atoms with Crippen molar-refractivity contribution in [2.45, 2.75) is 19.4 Å². The van der Waals surface area contributed by atoms with Gasteiger partial charge < -0.3 is 10.2 Å². The summed E-state index contributed by atoms with van der Waals surface area (Å²) in [6, 6.07) is 16.5. The highest BCUT2D eigenvalue weighted by atomic mass is 35.5. The standard InChI is InChI=1S/C21H25N3O.ClH/c1-23(19-8-3-2-4-9-19)21(25)18-11-13-24(15-18)14-17-7-5-6-16-10-12-22-20(16)17;/h2-9,18,22H,10-15H2,1H3;1H.